The second-order valence-corrected chi connectivity index (χ2v) is 7.90. The van der Waals surface area contributed by atoms with Gasteiger partial charge in [-0.05, 0) is 39.0 Å². The maximum Gasteiger partial charge on any atom is 0.320 e. The quantitative estimate of drug-likeness (QED) is 0.743. The predicted octanol–water partition coefficient (Wildman–Crippen LogP) is 3.54. The van der Waals surface area contributed by atoms with Crippen molar-refractivity contribution in [1.29, 1.82) is 0 Å². The Kier molecular flexibility index (Phi) is 5.79. The topological polar surface area (TPSA) is 88.5 Å². The lowest BCUT2D eigenvalue weighted by Crippen LogP contribution is -2.32. The number of nitrogens with one attached hydrogen (secondary N) is 2. The zero-order valence-corrected chi connectivity index (χ0v) is 16.9. The summed E-state index contributed by atoms with van der Waals surface area (Å²) in [7, 11) is 0. The Morgan fingerprint density at radius 3 is 2.75 bits per heavy atom. The molecule has 28 heavy (non-hydrogen) atoms. The van der Waals surface area contributed by atoms with Crippen molar-refractivity contribution in [2.75, 3.05) is 23.3 Å². The van der Waals surface area contributed by atoms with E-state index < -0.39 is 11.6 Å². The van der Waals surface area contributed by atoms with Gasteiger partial charge in [0, 0.05) is 29.9 Å². The van der Waals surface area contributed by atoms with E-state index in [0.29, 0.717) is 17.4 Å². The Hall–Kier alpha value is -2.74. The van der Waals surface area contributed by atoms with Crippen LogP contribution >= 0.6 is 11.6 Å². The SMILES string of the molecule is CC(C)(C)OC(=O)CCNC(=O)Nc1cc2n(n1)CCN2c1cccc(Cl)c1. The summed E-state index contributed by atoms with van der Waals surface area (Å²) in [6.07, 6.45) is 0.104. The molecule has 150 valence electrons. The van der Waals surface area contributed by atoms with Crippen molar-refractivity contribution < 1.29 is 14.3 Å². The van der Waals surface area contributed by atoms with Crippen LogP contribution in [0.4, 0.5) is 22.1 Å². The lowest BCUT2D eigenvalue weighted by molar-refractivity contribution is -0.154. The summed E-state index contributed by atoms with van der Waals surface area (Å²) in [6, 6.07) is 8.98. The van der Waals surface area contributed by atoms with Gasteiger partial charge < -0.3 is 15.0 Å². The fourth-order valence-corrected chi connectivity index (χ4v) is 3.08. The molecule has 0 aliphatic carbocycles. The third-order valence-electron chi connectivity index (χ3n) is 3.97. The molecule has 2 amide bonds. The van der Waals surface area contributed by atoms with Crippen molar-refractivity contribution >= 4 is 40.9 Å². The number of aromatic nitrogens is 2. The van der Waals surface area contributed by atoms with Crippen LogP contribution in [0.2, 0.25) is 5.02 Å². The standard InChI is InChI=1S/C19H24ClN5O3/c1-19(2,3)28-17(26)7-8-21-18(27)22-15-12-16-24(9-10-25(16)23-15)14-6-4-5-13(20)11-14/h4-6,11-12H,7-10H2,1-3H3,(H2,21,22,23,27). The van der Waals surface area contributed by atoms with Crippen LogP contribution < -0.4 is 15.5 Å². The number of carbonyl (C=O) groups excluding carboxylic acids is 2. The van der Waals surface area contributed by atoms with Crippen LogP contribution in [0.1, 0.15) is 27.2 Å². The number of esters is 1. The molecule has 1 aromatic heterocycles. The number of benzene rings is 1. The highest BCUT2D eigenvalue weighted by molar-refractivity contribution is 6.30. The van der Waals surface area contributed by atoms with Crippen molar-refractivity contribution in [2.24, 2.45) is 0 Å². The summed E-state index contributed by atoms with van der Waals surface area (Å²) in [5, 5.41) is 10.4. The number of amides is 2. The average Bonchev–Trinajstić information content (AvgIpc) is 3.12. The third-order valence-corrected chi connectivity index (χ3v) is 4.20. The van der Waals surface area contributed by atoms with E-state index in [1.165, 1.54) is 0 Å². The molecule has 8 nitrogen and oxygen atoms in total. The van der Waals surface area contributed by atoms with Crippen LogP contribution in [0.3, 0.4) is 0 Å². The van der Waals surface area contributed by atoms with Gasteiger partial charge in [0.25, 0.3) is 0 Å². The summed E-state index contributed by atoms with van der Waals surface area (Å²) in [5.74, 6) is 0.966. The maximum atomic E-state index is 12.0. The Morgan fingerprint density at radius 2 is 2.04 bits per heavy atom. The van der Waals surface area contributed by atoms with Gasteiger partial charge in [-0.3, -0.25) is 10.1 Å². The number of halogens is 1. The minimum atomic E-state index is -0.537. The molecule has 0 saturated heterocycles. The lowest BCUT2D eigenvalue weighted by Gasteiger charge is -2.19. The molecule has 0 bridgehead atoms. The fraction of sp³-hybridized carbons (Fsp3) is 0.421. The molecule has 1 aromatic carbocycles. The van der Waals surface area contributed by atoms with Crippen LogP contribution in [-0.4, -0.2) is 40.5 Å². The van der Waals surface area contributed by atoms with E-state index in [1.54, 1.807) is 26.8 Å². The molecule has 2 heterocycles. The van der Waals surface area contributed by atoms with Gasteiger partial charge in [-0.15, -0.1) is 0 Å². The minimum Gasteiger partial charge on any atom is -0.460 e. The Morgan fingerprint density at radius 1 is 1.25 bits per heavy atom. The second kappa shape index (κ2) is 8.10. The Bertz CT molecular complexity index is 875. The van der Waals surface area contributed by atoms with Crippen molar-refractivity contribution in [2.45, 2.75) is 39.3 Å². The molecule has 0 unspecified atom stereocenters. The summed E-state index contributed by atoms with van der Waals surface area (Å²) < 4.78 is 7.03. The third kappa shape index (κ3) is 5.16. The zero-order valence-electron chi connectivity index (χ0n) is 16.2. The van der Waals surface area contributed by atoms with Crippen molar-refractivity contribution in [3.8, 4) is 0 Å². The highest BCUT2D eigenvalue weighted by atomic mass is 35.5. The van der Waals surface area contributed by atoms with E-state index in [2.05, 4.69) is 20.6 Å². The van der Waals surface area contributed by atoms with Crippen LogP contribution in [0.15, 0.2) is 30.3 Å². The van der Waals surface area contributed by atoms with Crippen molar-refractivity contribution in [1.82, 2.24) is 15.1 Å². The molecule has 0 atom stereocenters. The summed E-state index contributed by atoms with van der Waals surface area (Å²) in [4.78, 5) is 25.8. The summed E-state index contributed by atoms with van der Waals surface area (Å²) in [5.41, 5.74) is 0.435. The molecule has 2 aromatic rings. The molecular formula is C19H24ClN5O3. The Balaban J connectivity index is 1.53. The van der Waals surface area contributed by atoms with Crippen LogP contribution in [0, 0.1) is 0 Å². The number of rotatable bonds is 5. The number of ether oxygens (including phenoxy) is 1. The van der Waals surface area contributed by atoms with Crippen molar-refractivity contribution in [3.63, 3.8) is 0 Å². The molecule has 3 rings (SSSR count). The molecule has 0 fully saturated rings. The predicted molar refractivity (Wildman–Crippen MR) is 108 cm³/mol. The number of hydrogen-bond acceptors (Lipinski definition) is 5. The molecule has 0 radical (unpaired) electrons. The van der Waals surface area contributed by atoms with Gasteiger partial charge in [-0.25, -0.2) is 9.48 Å². The summed E-state index contributed by atoms with van der Waals surface area (Å²) >= 11 is 6.08. The number of fused-ring (bicyclic) bond motifs is 1. The normalized spacial score (nSPS) is 13.2. The van der Waals surface area contributed by atoms with Crippen molar-refractivity contribution in [3.05, 3.63) is 35.4 Å². The van der Waals surface area contributed by atoms with Gasteiger partial charge in [0.2, 0.25) is 0 Å². The number of urea groups is 1. The molecule has 9 heteroatoms. The first-order valence-corrected chi connectivity index (χ1v) is 9.47. The Labute approximate surface area is 168 Å². The van der Waals surface area contributed by atoms with E-state index in [-0.39, 0.29) is 18.9 Å². The lowest BCUT2D eigenvalue weighted by atomic mass is 10.2. The molecular weight excluding hydrogens is 382 g/mol. The van der Waals surface area contributed by atoms with Gasteiger partial charge >= 0.3 is 12.0 Å². The maximum absolute atomic E-state index is 12.0. The van der Waals surface area contributed by atoms with Gasteiger partial charge in [-0.2, -0.15) is 5.10 Å². The molecule has 0 saturated carbocycles. The minimum absolute atomic E-state index is 0.104. The molecule has 1 aliphatic heterocycles. The van der Waals surface area contributed by atoms with Gasteiger partial charge in [0.1, 0.15) is 11.4 Å². The van der Waals surface area contributed by atoms with Crippen LogP contribution in [0.25, 0.3) is 0 Å². The van der Waals surface area contributed by atoms with E-state index in [0.717, 1.165) is 18.1 Å². The average molecular weight is 406 g/mol. The van der Waals surface area contributed by atoms with Gasteiger partial charge in [0.05, 0.1) is 13.0 Å². The fourth-order valence-electron chi connectivity index (χ4n) is 2.90. The number of anilines is 3. The first kappa shape index (κ1) is 20.0. The smallest absolute Gasteiger partial charge is 0.320 e. The van der Waals surface area contributed by atoms with E-state index in [4.69, 9.17) is 16.3 Å². The highest BCUT2D eigenvalue weighted by Gasteiger charge is 2.23. The zero-order chi connectivity index (χ0) is 20.3. The molecule has 1 aliphatic rings. The van der Waals surface area contributed by atoms with E-state index in [1.807, 2.05) is 28.9 Å². The first-order chi connectivity index (χ1) is 13.2. The van der Waals surface area contributed by atoms with E-state index >= 15 is 0 Å². The highest BCUT2D eigenvalue weighted by Crippen LogP contribution is 2.32. The number of carbonyl (C=O) groups is 2. The van der Waals surface area contributed by atoms with Crippen LogP contribution in [-0.2, 0) is 16.1 Å². The number of hydrogen-bond donors (Lipinski definition) is 2. The summed E-state index contributed by atoms with van der Waals surface area (Å²) in [6.45, 7) is 7.08. The van der Waals surface area contributed by atoms with Crippen LogP contribution in [0.5, 0.6) is 0 Å². The van der Waals surface area contributed by atoms with Gasteiger partial charge in [0.15, 0.2) is 5.82 Å². The molecule has 0 spiro atoms. The monoisotopic (exact) mass is 405 g/mol. The molecule has 2 N–H and O–H groups in total. The first-order valence-electron chi connectivity index (χ1n) is 9.09. The second-order valence-electron chi connectivity index (χ2n) is 7.46. The van der Waals surface area contributed by atoms with Gasteiger partial charge in [-0.1, -0.05) is 17.7 Å². The van der Waals surface area contributed by atoms with E-state index in [9.17, 15) is 9.59 Å². The number of nitrogens with zero attached hydrogens (tertiary/aromatic N) is 3. The largest absolute Gasteiger partial charge is 0.460 e.